The number of piperidine rings is 1. The third kappa shape index (κ3) is 13.3. The number of carboxylic acids is 3. The number of carbonyl (C=O) groups excluding carboxylic acids is 1. The van der Waals surface area contributed by atoms with Crippen molar-refractivity contribution in [2.24, 2.45) is 11.5 Å². The van der Waals surface area contributed by atoms with Crippen LogP contribution >= 0.6 is 0 Å². The molecule has 2 saturated heterocycles. The van der Waals surface area contributed by atoms with E-state index >= 15 is 0 Å². The number of rotatable bonds is 7. The molecule has 0 saturated carbocycles. The molecule has 2 rings (SSSR count). The van der Waals surface area contributed by atoms with Crippen molar-refractivity contribution in [1.82, 2.24) is 16.0 Å². The van der Waals surface area contributed by atoms with Crippen LogP contribution in [0.3, 0.4) is 0 Å². The zero-order valence-corrected chi connectivity index (χ0v) is 16.7. The Morgan fingerprint density at radius 2 is 1.77 bits per heavy atom. The smallest absolute Gasteiger partial charge is 0.326 e. The molecule has 13 heteroatoms. The van der Waals surface area contributed by atoms with Crippen molar-refractivity contribution in [1.29, 1.82) is 5.41 Å². The van der Waals surface area contributed by atoms with Gasteiger partial charge in [-0.25, -0.2) is 4.79 Å². The molecule has 0 aliphatic carbocycles. The fourth-order valence-corrected chi connectivity index (χ4v) is 2.53. The average Bonchev–Trinajstić information content (AvgIpc) is 3.13. The van der Waals surface area contributed by atoms with E-state index in [4.69, 9.17) is 32.2 Å². The Bertz CT molecular complexity index is 595. The minimum atomic E-state index is -1.00. The van der Waals surface area contributed by atoms with Crippen molar-refractivity contribution < 1.29 is 34.5 Å². The number of carbonyl (C=O) groups is 4. The molecule has 172 valence electrons. The van der Waals surface area contributed by atoms with Crippen molar-refractivity contribution in [2.75, 3.05) is 13.1 Å². The van der Waals surface area contributed by atoms with Crippen LogP contribution < -0.4 is 27.4 Å². The topological polar surface area (TPSA) is 241 Å². The van der Waals surface area contributed by atoms with Gasteiger partial charge in [0.2, 0.25) is 5.91 Å². The maximum Gasteiger partial charge on any atom is 0.326 e. The Kier molecular flexibility index (Phi) is 13.5. The molecule has 0 aromatic rings. The van der Waals surface area contributed by atoms with Gasteiger partial charge in [-0.2, -0.15) is 0 Å². The van der Waals surface area contributed by atoms with Crippen LogP contribution in [0.25, 0.3) is 0 Å². The third-order valence-electron chi connectivity index (χ3n) is 4.23. The first-order chi connectivity index (χ1) is 14.0. The normalized spacial score (nSPS) is 20.9. The first-order valence-corrected chi connectivity index (χ1v) is 9.59. The van der Waals surface area contributed by atoms with Crippen LogP contribution in [0.15, 0.2) is 0 Å². The molecule has 13 nitrogen and oxygen atoms in total. The Morgan fingerprint density at radius 1 is 1.13 bits per heavy atom. The van der Waals surface area contributed by atoms with Crippen molar-refractivity contribution >= 4 is 29.8 Å². The number of carboxylic acid groups (broad SMARTS) is 3. The first-order valence-electron chi connectivity index (χ1n) is 9.59. The van der Waals surface area contributed by atoms with E-state index in [1.807, 2.05) is 0 Å². The minimum Gasteiger partial charge on any atom is -0.480 e. The van der Waals surface area contributed by atoms with Crippen molar-refractivity contribution in [2.45, 2.75) is 63.1 Å². The fraction of sp³-hybridized carbons (Fsp3) is 0.706. The van der Waals surface area contributed by atoms with E-state index in [0.717, 1.165) is 25.8 Å². The second-order valence-corrected chi connectivity index (χ2v) is 6.77. The molecule has 0 bridgehead atoms. The molecule has 0 radical (unpaired) electrons. The quantitative estimate of drug-likeness (QED) is 0.124. The maximum atomic E-state index is 10.4. The molecule has 1 amide bonds. The van der Waals surface area contributed by atoms with Crippen LogP contribution in [-0.4, -0.2) is 76.3 Å². The van der Waals surface area contributed by atoms with Gasteiger partial charge in [-0.3, -0.25) is 19.8 Å². The summed E-state index contributed by atoms with van der Waals surface area (Å²) >= 11 is 0. The lowest BCUT2D eigenvalue weighted by molar-refractivity contribution is -0.140. The Hall–Kier alpha value is -2.93. The summed E-state index contributed by atoms with van der Waals surface area (Å²) in [4.78, 5) is 41.0. The number of hydrogen-bond acceptors (Lipinski definition) is 7. The molecule has 0 unspecified atom stereocenters. The second-order valence-electron chi connectivity index (χ2n) is 6.77. The van der Waals surface area contributed by atoms with Crippen molar-refractivity contribution in [3.8, 4) is 0 Å². The summed E-state index contributed by atoms with van der Waals surface area (Å²) in [6.07, 6.45) is 4.69. The van der Waals surface area contributed by atoms with Gasteiger partial charge in [0.25, 0.3) is 0 Å². The number of hydrogen-bond donors (Lipinski definition) is 9. The summed E-state index contributed by atoms with van der Waals surface area (Å²) in [7, 11) is 0. The molecule has 2 heterocycles. The van der Waals surface area contributed by atoms with Crippen LogP contribution in [0, 0.1) is 5.41 Å². The van der Waals surface area contributed by atoms with Crippen LogP contribution in [-0.2, 0) is 19.2 Å². The van der Waals surface area contributed by atoms with E-state index in [1.165, 1.54) is 0 Å². The number of nitrogens with one attached hydrogen (secondary N) is 4. The molecule has 11 N–H and O–H groups in total. The summed E-state index contributed by atoms with van der Waals surface area (Å²) < 4.78 is 0. The van der Waals surface area contributed by atoms with Gasteiger partial charge >= 0.3 is 17.9 Å². The van der Waals surface area contributed by atoms with Crippen LogP contribution in [0.2, 0.25) is 0 Å². The first kappa shape index (κ1) is 27.1. The highest BCUT2D eigenvalue weighted by atomic mass is 16.4. The van der Waals surface area contributed by atoms with E-state index < -0.39 is 30.0 Å². The second kappa shape index (κ2) is 15.0. The molecule has 30 heavy (non-hydrogen) atoms. The van der Waals surface area contributed by atoms with Crippen molar-refractivity contribution in [3.63, 3.8) is 0 Å². The monoisotopic (exact) mass is 432 g/mol. The lowest BCUT2D eigenvalue weighted by atomic mass is 10.1. The highest BCUT2D eigenvalue weighted by molar-refractivity contribution is 5.87. The van der Waals surface area contributed by atoms with Gasteiger partial charge in [-0.05, 0) is 38.6 Å². The molecule has 0 aromatic carbocycles. The van der Waals surface area contributed by atoms with Crippen molar-refractivity contribution in [3.05, 3.63) is 0 Å². The number of nitrogens with two attached hydrogens (primary N) is 2. The van der Waals surface area contributed by atoms with Crippen LogP contribution in [0.5, 0.6) is 0 Å². The Morgan fingerprint density at radius 3 is 2.10 bits per heavy atom. The largest absolute Gasteiger partial charge is 0.480 e. The van der Waals surface area contributed by atoms with E-state index in [0.29, 0.717) is 32.2 Å². The van der Waals surface area contributed by atoms with E-state index in [1.54, 1.807) is 0 Å². The Labute approximate surface area is 174 Å². The van der Waals surface area contributed by atoms with Gasteiger partial charge in [-0.1, -0.05) is 6.42 Å². The number of guanidine groups is 1. The molecule has 0 spiro atoms. The predicted molar refractivity (Wildman–Crippen MR) is 107 cm³/mol. The predicted octanol–water partition coefficient (Wildman–Crippen LogP) is -1.78. The Balaban J connectivity index is 0.000000426. The maximum absolute atomic E-state index is 10.4. The minimum absolute atomic E-state index is 0.112. The van der Waals surface area contributed by atoms with Gasteiger partial charge in [0.15, 0.2) is 5.96 Å². The molecule has 2 fully saturated rings. The van der Waals surface area contributed by atoms with Gasteiger partial charge < -0.3 is 42.7 Å². The molecular formula is C17H32N6O7. The highest BCUT2D eigenvalue weighted by Crippen LogP contribution is 2.06. The number of aliphatic carboxylic acids is 3. The SMILES string of the molecule is N=C(N)NCCC[C@H](N)C(=O)O.O=C(O)[C@@H]1CCCCN1.O=C1CC[C@@H](C(=O)O)N1. The van der Waals surface area contributed by atoms with E-state index in [2.05, 4.69) is 16.0 Å². The van der Waals surface area contributed by atoms with Gasteiger partial charge in [0.05, 0.1) is 0 Å². The highest BCUT2D eigenvalue weighted by Gasteiger charge is 2.26. The summed E-state index contributed by atoms with van der Waals surface area (Å²) in [6, 6.07) is -1.74. The molecule has 0 aromatic heterocycles. The van der Waals surface area contributed by atoms with E-state index in [-0.39, 0.29) is 17.9 Å². The molecule has 2 aliphatic heterocycles. The average molecular weight is 432 g/mol. The van der Waals surface area contributed by atoms with Crippen LogP contribution in [0.4, 0.5) is 0 Å². The molecular weight excluding hydrogens is 400 g/mol. The van der Waals surface area contributed by atoms with Crippen LogP contribution in [0.1, 0.15) is 44.9 Å². The lowest BCUT2D eigenvalue weighted by Crippen LogP contribution is -2.40. The number of amides is 1. The summed E-state index contributed by atoms with van der Waals surface area (Å²) in [6.45, 7) is 1.34. The van der Waals surface area contributed by atoms with Gasteiger partial charge in [0.1, 0.15) is 18.1 Å². The fourth-order valence-electron chi connectivity index (χ4n) is 2.53. The summed E-state index contributed by atoms with van der Waals surface area (Å²) in [5.74, 6) is -2.94. The lowest BCUT2D eigenvalue weighted by Gasteiger charge is -2.18. The molecule has 2 aliphatic rings. The zero-order valence-electron chi connectivity index (χ0n) is 16.7. The molecule has 3 atom stereocenters. The summed E-state index contributed by atoms with van der Waals surface area (Å²) in [5, 5.41) is 39.7. The van der Waals surface area contributed by atoms with E-state index in [9.17, 15) is 19.2 Å². The van der Waals surface area contributed by atoms with Gasteiger partial charge in [0, 0.05) is 13.0 Å². The standard InChI is InChI=1S/C6H14N4O2.C6H11NO2.C5H7NO3/c7-4(5(11)12)2-1-3-10-6(8)9;8-6(9)5-3-1-2-4-7-5;7-4-2-1-3(6-4)5(8)9/h4H,1-3,7H2,(H,11,12)(H4,8,9,10);5,7H,1-4H2,(H,8,9);3H,1-2H2,(H,6,7)(H,8,9)/t4-;5-;3-/m000/s1. The van der Waals surface area contributed by atoms with Gasteiger partial charge in [-0.15, -0.1) is 0 Å². The zero-order chi connectivity index (χ0) is 23.1. The third-order valence-corrected chi connectivity index (χ3v) is 4.23. The summed E-state index contributed by atoms with van der Waals surface area (Å²) in [5.41, 5.74) is 10.2.